The Balaban J connectivity index is 2.27. The third-order valence-corrected chi connectivity index (χ3v) is 2.18. The molecule has 5 nitrogen and oxygen atoms in total. The van der Waals surface area contributed by atoms with Crippen molar-refractivity contribution in [3.05, 3.63) is 22.3 Å². The van der Waals surface area contributed by atoms with Gasteiger partial charge in [0.15, 0.2) is 0 Å². The summed E-state index contributed by atoms with van der Waals surface area (Å²) in [6.45, 7) is 0. The van der Waals surface area contributed by atoms with E-state index >= 15 is 0 Å². The molecular weight excluding hydrogens is 190 g/mol. The van der Waals surface area contributed by atoms with Gasteiger partial charge in [-0.05, 0) is 6.08 Å². The molecule has 0 spiro atoms. The number of hydrogen-bond acceptors (Lipinski definition) is 4. The number of amides is 3. The minimum Gasteiger partial charge on any atom is -0.303 e. The number of imide groups is 1. The Morgan fingerprint density at radius 1 is 1.38 bits per heavy atom. The van der Waals surface area contributed by atoms with Crippen molar-refractivity contribution in [1.82, 2.24) is 15.6 Å². The van der Waals surface area contributed by atoms with Gasteiger partial charge in [-0.1, -0.05) is 0 Å². The molecule has 0 saturated carbocycles. The van der Waals surface area contributed by atoms with Gasteiger partial charge in [0.2, 0.25) is 0 Å². The van der Waals surface area contributed by atoms with Crippen molar-refractivity contribution in [2.75, 3.05) is 0 Å². The van der Waals surface area contributed by atoms with Crippen molar-refractivity contribution in [3.63, 3.8) is 0 Å². The van der Waals surface area contributed by atoms with E-state index in [0.29, 0.717) is 0 Å². The van der Waals surface area contributed by atoms with Crippen LogP contribution in [0.15, 0.2) is 17.4 Å². The molecule has 1 aromatic heterocycles. The van der Waals surface area contributed by atoms with E-state index in [2.05, 4.69) is 15.6 Å². The first-order chi connectivity index (χ1) is 6.25. The molecule has 0 aliphatic carbocycles. The molecule has 2 N–H and O–H groups in total. The lowest BCUT2D eigenvalue weighted by Crippen LogP contribution is -2.22. The van der Waals surface area contributed by atoms with Gasteiger partial charge in [-0.15, -0.1) is 11.3 Å². The summed E-state index contributed by atoms with van der Waals surface area (Å²) in [5, 5.41) is 4.49. The van der Waals surface area contributed by atoms with Crippen LogP contribution in [0.5, 0.6) is 0 Å². The highest BCUT2D eigenvalue weighted by Crippen LogP contribution is 2.11. The fourth-order valence-electron chi connectivity index (χ4n) is 0.922. The van der Waals surface area contributed by atoms with E-state index < -0.39 is 11.9 Å². The minimum atomic E-state index is -0.485. The highest BCUT2D eigenvalue weighted by atomic mass is 32.1. The Bertz CT molecular complexity index is 382. The molecule has 0 aromatic carbocycles. The van der Waals surface area contributed by atoms with Crippen LogP contribution >= 0.6 is 11.3 Å². The predicted octanol–water partition coefficient (Wildman–Crippen LogP) is 0.323. The summed E-state index contributed by atoms with van der Waals surface area (Å²) >= 11 is 1.39. The van der Waals surface area contributed by atoms with E-state index in [1.54, 1.807) is 17.8 Å². The van der Waals surface area contributed by atoms with Crippen LogP contribution in [-0.4, -0.2) is 16.9 Å². The summed E-state index contributed by atoms with van der Waals surface area (Å²) in [7, 11) is 0. The lowest BCUT2D eigenvalue weighted by atomic mass is 10.4. The normalized spacial score (nSPS) is 18.9. The molecule has 1 aliphatic heterocycles. The largest absolute Gasteiger partial charge is 0.326 e. The Morgan fingerprint density at radius 2 is 2.23 bits per heavy atom. The number of thiazole rings is 1. The molecule has 0 bridgehead atoms. The van der Waals surface area contributed by atoms with Gasteiger partial charge in [0.25, 0.3) is 5.91 Å². The molecule has 2 heterocycles. The van der Waals surface area contributed by atoms with Gasteiger partial charge in [0, 0.05) is 11.1 Å². The number of carbonyl (C=O) groups is 2. The van der Waals surface area contributed by atoms with Gasteiger partial charge in [0.05, 0.1) is 5.51 Å². The second-order valence-corrected chi connectivity index (χ2v) is 3.29. The maximum Gasteiger partial charge on any atom is 0.326 e. The first kappa shape index (κ1) is 7.93. The van der Waals surface area contributed by atoms with Crippen LogP contribution in [0, 0.1) is 0 Å². The van der Waals surface area contributed by atoms with Crippen LogP contribution in [0.4, 0.5) is 4.79 Å². The molecular formula is C7H5N3O2S. The molecule has 13 heavy (non-hydrogen) atoms. The minimum absolute atomic E-state index is 0.259. The zero-order valence-electron chi connectivity index (χ0n) is 6.40. The third kappa shape index (κ3) is 1.57. The van der Waals surface area contributed by atoms with E-state index in [1.807, 2.05) is 0 Å². The average Bonchev–Trinajstić information content (AvgIpc) is 2.63. The summed E-state index contributed by atoms with van der Waals surface area (Å²) < 4.78 is 0. The van der Waals surface area contributed by atoms with Crippen molar-refractivity contribution in [2.45, 2.75) is 0 Å². The molecule has 2 rings (SSSR count). The first-order valence-corrected chi connectivity index (χ1v) is 4.36. The van der Waals surface area contributed by atoms with E-state index in [0.717, 1.165) is 4.88 Å². The maximum atomic E-state index is 11.0. The van der Waals surface area contributed by atoms with Gasteiger partial charge in [-0.2, -0.15) is 0 Å². The van der Waals surface area contributed by atoms with Gasteiger partial charge in [-0.3, -0.25) is 15.1 Å². The molecule has 1 aromatic rings. The number of rotatable bonds is 1. The SMILES string of the molecule is O=C1NC(=O)C(=Cc2cncs2)N1. The highest BCUT2D eigenvalue weighted by molar-refractivity contribution is 7.10. The lowest BCUT2D eigenvalue weighted by Gasteiger charge is -1.89. The van der Waals surface area contributed by atoms with E-state index in [4.69, 9.17) is 0 Å². The second-order valence-electron chi connectivity index (χ2n) is 2.37. The Hall–Kier alpha value is -1.69. The third-order valence-electron chi connectivity index (χ3n) is 1.46. The topological polar surface area (TPSA) is 71.1 Å². The number of aromatic nitrogens is 1. The van der Waals surface area contributed by atoms with E-state index in [9.17, 15) is 9.59 Å². The Morgan fingerprint density at radius 3 is 2.77 bits per heavy atom. The first-order valence-electron chi connectivity index (χ1n) is 3.48. The van der Waals surface area contributed by atoms with Crippen LogP contribution in [0.3, 0.4) is 0 Å². The van der Waals surface area contributed by atoms with Crippen LogP contribution in [0.2, 0.25) is 0 Å². The summed E-state index contributed by atoms with van der Waals surface area (Å²) in [5.41, 5.74) is 1.91. The molecule has 0 atom stereocenters. The molecule has 66 valence electrons. The van der Waals surface area contributed by atoms with Crippen molar-refractivity contribution < 1.29 is 9.59 Å². The number of hydrogen-bond donors (Lipinski definition) is 2. The lowest BCUT2D eigenvalue weighted by molar-refractivity contribution is -0.115. The molecule has 1 aliphatic rings. The summed E-state index contributed by atoms with van der Waals surface area (Å²) in [6, 6.07) is -0.485. The fraction of sp³-hybridized carbons (Fsp3) is 0. The summed E-state index contributed by atoms with van der Waals surface area (Å²) in [5.74, 6) is -0.404. The fourth-order valence-corrected chi connectivity index (χ4v) is 1.47. The Kier molecular flexibility index (Phi) is 1.82. The van der Waals surface area contributed by atoms with E-state index in [-0.39, 0.29) is 5.70 Å². The quantitative estimate of drug-likeness (QED) is 0.501. The van der Waals surface area contributed by atoms with Crippen LogP contribution in [0.1, 0.15) is 4.88 Å². The van der Waals surface area contributed by atoms with Crippen molar-refractivity contribution in [3.8, 4) is 0 Å². The number of nitrogens with one attached hydrogen (secondary N) is 2. The molecule has 1 fully saturated rings. The van der Waals surface area contributed by atoms with Gasteiger partial charge >= 0.3 is 6.03 Å². The number of nitrogens with zero attached hydrogens (tertiary/aromatic N) is 1. The standard InChI is InChI=1S/C7H5N3O2S/c11-6-5(9-7(12)10-6)1-4-2-8-3-13-4/h1-3H,(H2,9,10,11,12). The van der Waals surface area contributed by atoms with Crippen LogP contribution in [0.25, 0.3) is 6.08 Å². The molecule has 0 radical (unpaired) electrons. The second kappa shape index (κ2) is 2.98. The Labute approximate surface area is 77.5 Å². The van der Waals surface area contributed by atoms with Crippen molar-refractivity contribution in [1.29, 1.82) is 0 Å². The summed E-state index contributed by atoms with van der Waals surface area (Å²) in [4.78, 5) is 26.4. The molecule has 6 heteroatoms. The van der Waals surface area contributed by atoms with Crippen LogP contribution in [-0.2, 0) is 4.79 Å². The van der Waals surface area contributed by atoms with Gasteiger partial charge in [-0.25, -0.2) is 4.79 Å². The van der Waals surface area contributed by atoms with Gasteiger partial charge < -0.3 is 5.32 Å². The van der Waals surface area contributed by atoms with Crippen LogP contribution < -0.4 is 10.6 Å². The maximum absolute atomic E-state index is 11.0. The monoisotopic (exact) mass is 195 g/mol. The zero-order chi connectivity index (χ0) is 9.26. The van der Waals surface area contributed by atoms with Crippen molar-refractivity contribution in [2.24, 2.45) is 0 Å². The average molecular weight is 195 g/mol. The number of urea groups is 1. The molecule has 3 amide bonds. The van der Waals surface area contributed by atoms with Crippen molar-refractivity contribution >= 4 is 29.4 Å². The predicted molar refractivity (Wildman–Crippen MR) is 46.8 cm³/mol. The van der Waals surface area contributed by atoms with E-state index in [1.165, 1.54) is 11.3 Å². The number of carbonyl (C=O) groups excluding carboxylic acids is 2. The smallest absolute Gasteiger partial charge is 0.303 e. The summed E-state index contributed by atoms with van der Waals surface area (Å²) in [6.07, 6.45) is 3.20. The highest BCUT2D eigenvalue weighted by Gasteiger charge is 2.22. The van der Waals surface area contributed by atoms with Gasteiger partial charge in [0.1, 0.15) is 5.70 Å². The molecule has 1 saturated heterocycles. The zero-order valence-corrected chi connectivity index (χ0v) is 7.22. The molecule has 0 unspecified atom stereocenters.